The average molecular weight is 211 g/mol. The van der Waals surface area contributed by atoms with Gasteiger partial charge in [-0.25, -0.2) is 0 Å². The summed E-state index contributed by atoms with van der Waals surface area (Å²) in [5, 5.41) is 0. The summed E-state index contributed by atoms with van der Waals surface area (Å²) in [6, 6.07) is 16.3. The average Bonchev–Trinajstić information content (AvgIpc) is 2.31. The van der Waals surface area contributed by atoms with E-state index < -0.39 is 0 Å². The summed E-state index contributed by atoms with van der Waals surface area (Å²) in [5.74, 6) is 0.904. The van der Waals surface area contributed by atoms with Gasteiger partial charge < -0.3 is 4.74 Å². The Morgan fingerprint density at radius 3 is 2.50 bits per heavy atom. The minimum Gasteiger partial charge on any atom is -0.493 e. The molecule has 1 heteroatoms. The van der Waals surface area contributed by atoms with E-state index in [4.69, 9.17) is 4.74 Å². The highest BCUT2D eigenvalue weighted by atomic mass is 16.5. The van der Waals surface area contributed by atoms with Gasteiger partial charge in [0.15, 0.2) is 0 Å². The molecule has 0 saturated heterocycles. The monoisotopic (exact) mass is 211 g/mol. The van der Waals surface area contributed by atoms with Crippen LogP contribution in [0.15, 0.2) is 48.5 Å². The first-order valence-corrected chi connectivity index (χ1v) is 5.45. The second-order valence-electron chi connectivity index (χ2n) is 3.63. The minimum absolute atomic E-state index is 0.670. The molecule has 0 aromatic heterocycles. The SMILES string of the molecule is [CH2]c1ccc(-c2ccccc2)c(OCC)c1. The zero-order valence-electron chi connectivity index (χ0n) is 9.44. The zero-order chi connectivity index (χ0) is 11.4. The van der Waals surface area contributed by atoms with Crippen LogP contribution in [0.3, 0.4) is 0 Å². The van der Waals surface area contributed by atoms with Crippen LogP contribution in [-0.4, -0.2) is 6.61 Å². The second-order valence-corrected chi connectivity index (χ2v) is 3.63. The Kier molecular flexibility index (Phi) is 3.25. The van der Waals surface area contributed by atoms with Gasteiger partial charge in [-0.15, -0.1) is 0 Å². The number of hydrogen-bond donors (Lipinski definition) is 0. The molecule has 0 aliphatic heterocycles. The van der Waals surface area contributed by atoms with Crippen LogP contribution < -0.4 is 4.74 Å². The van der Waals surface area contributed by atoms with Crippen molar-refractivity contribution in [3.8, 4) is 16.9 Å². The van der Waals surface area contributed by atoms with Crippen molar-refractivity contribution in [1.82, 2.24) is 0 Å². The lowest BCUT2D eigenvalue weighted by molar-refractivity contribution is 0.341. The van der Waals surface area contributed by atoms with E-state index in [1.54, 1.807) is 0 Å². The molecule has 0 N–H and O–H groups in total. The smallest absolute Gasteiger partial charge is 0.127 e. The molecule has 2 rings (SSSR count). The van der Waals surface area contributed by atoms with Gasteiger partial charge in [0.25, 0.3) is 0 Å². The first kappa shape index (κ1) is 10.7. The fourth-order valence-electron chi connectivity index (χ4n) is 1.70. The van der Waals surface area contributed by atoms with Gasteiger partial charge in [-0.2, -0.15) is 0 Å². The van der Waals surface area contributed by atoms with Crippen LogP contribution >= 0.6 is 0 Å². The Bertz CT molecular complexity index is 460. The molecule has 0 unspecified atom stereocenters. The van der Waals surface area contributed by atoms with Crippen molar-refractivity contribution in [3.63, 3.8) is 0 Å². The van der Waals surface area contributed by atoms with E-state index in [2.05, 4.69) is 25.1 Å². The van der Waals surface area contributed by atoms with Gasteiger partial charge in [-0.05, 0) is 31.0 Å². The zero-order valence-corrected chi connectivity index (χ0v) is 9.44. The van der Waals surface area contributed by atoms with Crippen LogP contribution in [-0.2, 0) is 0 Å². The van der Waals surface area contributed by atoms with Gasteiger partial charge in [-0.1, -0.05) is 42.5 Å². The molecule has 0 fully saturated rings. The van der Waals surface area contributed by atoms with Crippen LogP contribution in [0.5, 0.6) is 5.75 Å². The Morgan fingerprint density at radius 2 is 1.81 bits per heavy atom. The number of ether oxygens (including phenoxy) is 1. The minimum atomic E-state index is 0.670. The fraction of sp³-hybridized carbons (Fsp3) is 0.133. The van der Waals surface area contributed by atoms with Crippen molar-refractivity contribution >= 4 is 0 Å². The van der Waals surface area contributed by atoms with Crippen molar-refractivity contribution < 1.29 is 4.74 Å². The van der Waals surface area contributed by atoms with Crippen molar-refractivity contribution in [1.29, 1.82) is 0 Å². The standard InChI is InChI=1S/C15H15O/c1-3-16-15-11-12(2)9-10-14(15)13-7-5-4-6-8-13/h4-11H,2-3H2,1H3. The molecule has 0 aliphatic rings. The number of benzene rings is 2. The summed E-state index contributed by atoms with van der Waals surface area (Å²) in [6.45, 7) is 6.58. The normalized spacial score (nSPS) is 10.1. The van der Waals surface area contributed by atoms with Crippen LogP contribution in [0.4, 0.5) is 0 Å². The van der Waals surface area contributed by atoms with Gasteiger partial charge in [-0.3, -0.25) is 0 Å². The van der Waals surface area contributed by atoms with E-state index >= 15 is 0 Å². The summed E-state index contributed by atoms with van der Waals surface area (Å²) in [6.07, 6.45) is 0. The highest BCUT2D eigenvalue weighted by Gasteiger charge is 2.05. The van der Waals surface area contributed by atoms with E-state index in [9.17, 15) is 0 Å². The highest BCUT2D eigenvalue weighted by Crippen LogP contribution is 2.30. The van der Waals surface area contributed by atoms with Crippen molar-refractivity contribution in [2.45, 2.75) is 6.92 Å². The maximum Gasteiger partial charge on any atom is 0.127 e. The molecule has 0 amide bonds. The third-order valence-corrected chi connectivity index (χ3v) is 2.43. The third-order valence-electron chi connectivity index (χ3n) is 2.43. The molecule has 0 heterocycles. The topological polar surface area (TPSA) is 9.23 Å². The van der Waals surface area contributed by atoms with Gasteiger partial charge in [0, 0.05) is 5.56 Å². The van der Waals surface area contributed by atoms with Crippen LogP contribution in [0, 0.1) is 6.92 Å². The molecule has 0 atom stereocenters. The molecule has 0 saturated carbocycles. The lowest BCUT2D eigenvalue weighted by Gasteiger charge is -2.11. The van der Waals surface area contributed by atoms with Gasteiger partial charge >= 0.3 is 0 Å². The summed E-state index contributed by atoms with van der Waals surface area (Å²) in [5.41, 5.74) is 3.27. The van der Waals surface area contributed by atoms with Gasteiger partial charge in [0.05, 0.1) is 6.61 Å². The molecule has 0 spiro atoms. The fourth-order valence-corrected chi connectivity index (χ4v) is 1.70. The maximum atomic E-state index is 5.63. The molecule has 1 nitrogen and oxygen atoms in total. The quantitative estimate of drug-likeness (QED) is 0.747. The van der Waals surface area contributed by atoms with Crippen LogP contribution in [0.2, 0.25) is 0 Å². The third kappa shape index (κ3) is 2.25. The number of rotatable bonds is 3. The van der Waals surface area contributed by atoms with Crippen molar-refractivity contribution in [2.24, 2.45) is 0 Å². The molecular weight excluding hydrogens is 196 g/mol. The largest absolute Gasteiger partial charge is 0.493 e. The van der Waals surface area contributed by atoms with Crippen LogP contribution in [0.25, 0.3) is 11.1 Å². The van der Waals surface area contributed by atoms with Crippen molar-refractivity contribution in [2.75, 3.05) is 6.61 Å². The summed E-state index contributed by atoms with van der Waals surface area (Å²) in [4.78, 5) is 0. The summed E-state index contributed by atoms with van der Waals surface area (Å²) < 4.78 is 5.63. The van der Waals surface area contributed by atoms with Crippen LogP contribution in [0.1, 0.15) is 12.5 Å². The maximum absolute atomic E-state index is 5.63. The van der Waals surface area contributed by atoms with E-state index in [1.165, 1.54) is 5.56 Å². The lowest BCUT2D eigenvalue weighted by Crippen LogP contribution is -1.94. The van der Waals surface area contributed by atoms with E-state index in [1.807, 2.05) is 37.3 Å². The van der Waals surface area contributed by atoms with E-state index in [-0.39, 0.29) is 0 Å². The Labute approximate surface area is 96.7 Å². The predicted octanol–water partition coefficient (Wildman–Crippen LogP) is 3.93. The Morgan fingerprint density at radius 1 is 1.06 bits per heavy atom. The lowest BCUT2D eigenvalue weighted by atomic mass is 10.0. The van der Waals surface area contributed by atoms with Crippen molar-refractivity contribution in [3.05, 3.63) is 61.0 Å². The Hall–Kier alpha value is -1.76. The van der Waals surface area contributed by atoms with E-state index in [0.29, 0.717) is 6.61 Å². The number of hydrogen-bond acceptors (Lipinski definition) is 1. The molecule has 2 aromatic carbocycles. The Balaban J connectivity index is 2.48. The first-order chi connectivity index (χ1) is 7.81. The molecule has 2 aromatic rings. The highest BCUT2D eigenvalue weighted by molar-refractivity contribution is 5.71. The van der Waals surface area contributed by atoms with Gasteiger partial charge in [0.2, 0.25) is 0 Å². The molecular formula is C15H15O. The molecule has 0 bridgehead atoms. The van der Waals surface area contributed by atoms with Gasteiger partial charge in [0.1, 0.15) is 5.75 Å². The second kappa shape index (κ2) is 4.84. The summed E-state index contributed by atoms with van der Waals surface area (Å²) in [7, 11) is 0. The molecule has 81 valence electrons. The summed E-state index contributed by atoms with van der Waals surface area (Å²) >= 11 is 0. The van der Waals surface area contributed by atoms with E-state index in [0.717, 1.165) is 16.9 Å². The molecule has 0 aliphatic carbocycles. The predicted molar refractivity (Wildman–Crippen MR) is 67.5 cm³/mol. The first-order valence-electron chi connectivity index (χ1n) is 5.45. The molecule has 16 heavy (non-hydrogen) atoms. The molecule has 1 radical (unpaired) electrons.